The summed E-state index contributed by atoms with van der Waals surface area (Å²) in [5.74, 6) is 0.0530. The molecule has 0 bridgehead atoms. The van der Waals surface area contributed by atoms with E-state index < -0.39 is 6.04 Å². The van der Waals surface area contributed by atoms with Crippen molar-refractivity contribution in [2.75, 3.05) is 13.6 Å². The van der Waals surface area contributed by atoms with Gasteiger partial charge in [0.25, 0.3) is 5.91 Å². The van der Waals surface area contributed by atoms with Gasteiger partial charge in [0, 0.05) is 31.6 Å². The zero-order valence-corrected chi connectivity index (χ0v) is 17.3. The molecule has 5 nitrogen and oxygen atoms in total. The molecule has 0 radical (unpaired) electrons. The summed E-state index contributed by atoms with van der Waals surface area (Å²) in [6, 6.07) is 13.2. The Bertz CT molecular complexity index is 951. The predicted molar refractivity (Wildman–Crippen MR) is 112 cm³/mol. The lowest BCUT2D eigenvalue weighted by atomic mass is 9.87. The Balaban J connectivity index is 1.79. The van der Waals surface area contributed by atoms with Crippen LogP contribution in [0.3, 0.4) is 0 Å². The third kappa shape index (κ3) is 3.35. The number of aromatic nitrogens is 1. The van der Waals surface area contributed by atoms with E-state index in [1.807, 2.05) is 59.3 Å². The number of benzene rings is 1. The molecule has 4 rings (SSSR count). The second-order valence-electron chi connectivity index (χ2n) is 8.36. The Morgan fingerprint density at radius 3 is 2.62 bits per heavy atom. The fraction of sp³-hybridized carbons (Fsp3) is 0.375. The molecule has 5 heteroatoms. The standard InChI is InChI=1S/C24H27N3O2/c1-24(2)19-12-8-14-27(20(28)15-17-9-5-4-6-10-17)22(18-11-7-13-25-16-18)21(19)23(29)26(24)3/h4-7,9-11,13,16,22H,8,12,14-15H2,1-3H3. The smallest absolute Gasteiger partial charge is 0.252 e. The van der Waals surface area contributed by atoms with Crippen LogP contribution in [-0.2, 0) is 16.0 Å². The van der Waals surface area contributed by atoms with Gasteiger partial charge in [-0.1, -0.05) is 36.4 Å². The van der Waals surface area contributed by atoms with E-state index in [9.17, 15) is 9.59 Å². The van der Waals surface area contributed by atoms with Gasteiger partial charge in [-0.05, 0) is 49.5 Å². The lowest BCUT2D eigenvalue weighted by Crippen LogP contribution is -2.42. The van der Waals surface area contributed by atoms with E-state index in [0.717, 1.165) is 35.1 Å². The molecule has 1 aromatic heterocycles. The van der Waals surface area contributed by atoms with Gasteiger partial charge < -0.3 is 9.80 Å². The monoisotopic (exact) mass is 389 g/mol. The number of rotatable bonds is 3. The van der Waals surface area contributed by atoms with E-state index in [0.29, 0.717) is 13.0 Å². The Labute approximate surface area is 172 Å². The van der Waals surface area contributed by atoms with Crippen LogP contribution in [0, 0.1) is 0 Å². The van der Waals surface area contributed by atoms with Crippen molar-refractivity contribution in [2.24, 2.45) is 0 Å². The van der Waals surface area contributed by atoms with Gasteiger partial charge in [0.15, 0.2) is 0 Å². The van der Waals surface area contributed by atoms with Crippen LogP contribution in [0.15, 0.2) is 66.0 Å². The first kappa shape index (κ1) is 19.4. The van der Waals surface area contributed by atoms with Gasteiger partial charge in [0.1, 0.15) is 0 Å². The zero-order chi connectivity index (χ0) is 20.6. The van der Waals surface area contributed by atoms with E-state index in [1.54, 1.807) is 12.4 Å². The molecule has 0 N–H and O–H groups in total. The van der Waals surface area contributed by atoms with Crippen molar-refractivity contribution in [2.45, 2.75) is 44.7 Å². The highest BCUT2D eigenvalue weighted by Gasteiger charge is 2.48. The second-order valence-corrected chi connectivity index (χ2v) is 8.36. The number of hydrogen-bond acceptors (Lipinski definition) is 3. The van der Waals surface area contributed by atoms with Crippen molar-refractivity contribution in [3.8, 4) is 0 Å². The Kier molecular flexibility index (Phi) is 4.99. The Morgan fingerprint density at radius 1 is 1.17 bits per heavy atom. The predicted octanol–water partition coefficient (Wildman–Crippen LogP) is 3.54. The molecule has 2 aliphatic heterocycles. The number of carbonyl (C=O) groups is 2. The number of carbonyl (C=O) groups excluding carboxylic acids is 2. The van der Waals surface area contributed by atoms with Gasteiger partial charge >= 0.3 is 0 Å². The molecule has 1 atom stereocenters. The van der Waals surface area contributed by atoms with Crippen LogP contribution in [0.4, 0.5) is 0 Å². The molecule has 0 fully saturated rings. The summed E-state index contributed by atoms with van der Waals surface area (Å²) in [5, 5.41) is 0. The first-order valence-corrected chi connectivity index (χ1v) is 10.2. The first-order valence-electron chi connectivity index (χ1n) is 10.2. The Hall–Kier alpha value is -2.95. The van der Waals surface area contributed by atoms with E-state index in [-0.39, 0.29) is 17.4 Å². The summed E-state index contributed by atoms with van der Waals surface area (Å²) in [6.45, 7) is 4.81. The van der Waals surface area contributed by atoms with E-state index >= 15 is 0 Å². The second kappa shape index (κ2) is 7.47. The number of hydrogen-bond donors (Lipinski definition) is 0. The van der Waals surface area contributed by atoms with Crippen molar-refractivity contribution in [3.63, 3.8) is 0 Å². The molecule has 2 aromatic rings. The van der Waals surface area contributed by atoms with Crippen molar-refractivity contribution >= 4 is 11.8 Å². The molecule has 2 aliphatic rings. The molecule has 0 saturated heterocycles. The minimum absolute atomic E-state index is 0.0123. The normalized spacial score (nSPS) is 21.2. The summed E-state index contributed by atoms with van der Waals surface area (Å²) in [5.41, 5.74) is 3.43. The molecule has 0 aliphatic carbocycles. The fourth-order valence-electron chi connectivity index (χ4n) is 4.55. The first-order chi connectivity index (χ1) is 13.9. The summed E-state index contributed by atoms with van der Waals surface area (Å²) in [7, 11) is 1.85. The van der Waals surface area contributed by atoms with Crippen LogP contribution in [-0.4, -0.2) is 45.7 Å². The van der Waals surface area contributed by atoms with Gasteiger partial charge in [-0.3, -0.25) is 14.6 Å². The lowest BCUT2D eigenvalue weighted by molar-refractivity contribution is -0.133. The SMILES string of the molecule is CN1C(=O)C2=C(CCCN(C(=O)Cc3ccccc3)C2c2cccnc2)C1(C)C. The molecule has 0 spiro atoms. The van der Waals surface area contributed by atoms with Gasteiger partial charge in [-0.2, -0.15) is 0 Å². The highest BCUT2D eigenvalue weighted by Crippen LogP contribution is 2.46. The van der Waals surface area contributed by atoms with Gasteiger partial charge in [0.2, 0.25) is 5.91 Å². The quantitative estimate of drug-likeness (QED) is 0.807. The summed E-state index contributed by atoms with van der Waals surface area (Å²) < 4.78 is 0. The maximum absolute atomic E-state index is 13.4. The van der Waals surface area contributed by atoms with Crippen molar-refractivity contribution in [1.29, 1.82) is 0 Å². The molecule has 150 valence electrons. The summed E-state index contributed by atoms with van der Waals surface area (Å²) >= 11 is 0. The average Bonchev–Trinajstić information content (AvgIpc) is 2.88. The third-order valence-corrected chi connectivity index (χ3v) is 6.37. The average molecular weight is 389 g/mol. The number of pyridine rings is 1. The number of nitrogens with zero attached hydrogens (tertiary/aromatic N) is 3. The fourth-order valence-corrected chi connectivity index (χ4v) is 4.55. The molecular weight excluding hydrogens is 362 g/mol. The van der Waals surface area contributed by atoms with Crippen molar-refractivity contribution in [3.05, 3.63) is 77.1 Å². The summed E-state index contributed by atoms with van der Waals surface area (Å²) in [6.07, 6.45) is 5.50. The molecule has 1 unspecified atom stereocenters. The van der Waals surface area contributed by atoms with Crippen LogP contribution >= 0.6 is 0 Å². The van der Waals surface area contributed by atoms with Crippen molar-refractivity contribution < 1.29 is 9.59 Å². The number of amides is 2. The molecule has 0 saturated carbocycles. The molecular formula is C24H27N3O2. The van der Waals surface area contributed by atoms with Crippen LogP contribution in [0.25, 0.3) is 0 Å². The third-order valence-electron chi connectivity index (χ3n) is 6.37. The van der Waals surface area contributed by atoms with E-state index in [2.05, 4.69) is 18.8 Å². The minimum Gasteiger partial charge on any atom is -0.333 e. The topological polar surface area (TPSA) is 53.5 Å². The van der Waals surface area contributed by atoms with Gasteiger partial charge in [-0.15, -0.1) is 0 Å². The molecule has 2 amide bonds. The van der Waals surface area contributed by atoms with Crippen LogP contribution < -0.4 is 0 Å². The summed E-state index contributed by atoms with van der Waals surface area (Å²) in [4.78, 5) is 34.7. The van der Waals surface area contributed by atoms with E-state index in [4.69, 9.17) is 0 Å². The largest absolute Gasteiger partial charge is 0.333 e. The van der Waals surface area contributed by atoms with E-state index in [1.165, 1.54) is 0 Å². The van der Waals surface area contributed by atoms with Crippen molar-refractivity contribution in [1.82, 2.24) is 14.8 Å². The Morgan fingerprint density at radius 2 is 1.93 bits per heavy atom. The van der Waals surface area contributed by atoms with Crippen LogP contribution in [0.2, 0.25) is 0 Å². The number of likely N-dealkylation sites (N-methyl/N-ethyl adjacent to an activating group) is 1. The highest BCUT2D eigenvalue weighted by molar-refractivity contribution is 6.00. The highest BCUT2D eigenvalue weighted by atomic mass is 16.2. The molecule has 3 heterocycles. The lowest BCUT2D eigenvalue weighted by Gasteiger charge is -2.33. The molecule has 1 aromatic carbocycles. The minimum atomic E-state index is -0.394. The zero-order valence-electron chi connectivity index (χ0n) is 17.3. The molecule has 29 heavy (non-hydrogen) atoms. The van der Waals surface area contributed by atoms with Gasteiger partial charge in [0.05, 0.1) is 18.0 Å². The van der Waals surface area contributed by atoms with Crippen LogP contribution in [0.5, 0.6) is 0 Å². The maximum atomic E-state index is 13.4. The van der Waals surface area contributed by atoms with Crippen LogP contribution in [0.1, 0.15) is 43.9 Å². The maximum Gasteiger partial charge on any atom is 0.252 e. The van der Waals surface area contributed by atoms with Gasteiger partial charge in [-0.25, -0.2) is 0 Å².